The summed E-state index contributed by atoms with van der Waals surface area (Å²) in [5.41, 5.74) is 9.47. The van der Waals surface area contributed by atoms with Crippen molar-refractivity contribution in [2.75, 3.05) is 11.1 Å². The molecule has 1 aliphatic heterocycles. The first-order valence-electron chi connectivity index (χ1n) is 7.03. The predicted octanol–water partition coefficient (Wildman–Crippen LogP) is 3.68. The number of rotatable bonds is 3. The minimum atomic E-state index is -0.0108. The maximum atomic E-state index is 11.4. The highest BCUT2D eigenvalue weighted by Crippen LogP contribution is 2.36. The van der Waals surface area contributed by atoms with E-state index in [0.29, 0.717) is 23.8 Å². The Morgan fingerprint density at radius 2 is 2.05 bits per heavy atom. The Morgan fingerprint density at radius 1 is 1.24 bits per heavy atom. The van der Waals surface area contributed by atoms with Gasteiger partial charge in [-0.25, -0.2) is 0 Å². The number of benzene rings is 2. The van der Waals surface area contributed by atoms with Gasteiger partial charge in [0.1, 0.15) is 5.75 Å². The lowest BCUT2D eigenvalue weighted by atomic mass is 10.0. The Balaban J connectivity index is 1.90. The van der Waals surface area contributed by atoms with Crippen LogP contribution in [-0.2, 0) is 11.2 Å². The number of hydrogen-bond acceptors (Lipinski definition) is 3. The third-order valence-electron chi connectivity index (χ3n) is 3.61. The molecule has 0 atom stereocenters. The molecule has 0 saturated carbocycles. The first kappa shape index (κ1) is 13.5. The molecule has 0 radical (unpaired) electrons. The molecule has 1 heterocycles. The van der Waals surface area contributed by atoms with E-state index in [1.807, 2.05) is 18.2 Å². The van der Waals surface area contributed by atoms with E-state index in [-0.39, 0.29) is 5.91 Å². The molecule has 0 saturated heterocycles. The lowest BCUT2D eigenvalue weighted by Crippen LogP contribution is -2.03. The predicted molar refractivity (Wildman–Crippen MR) is 83.8 cm³/mol. The van der Waals surface area contributed by atoms with Gasteiger partial charge in [-0.05, 0) is 35.2 Å². The van der Waals surface area contributed by atoms with Crippen molar-refractivity contribution in [1.82, 2.24) is 0 Å². The molecular weight excluding hydrogens is 264 g/mol. The van der Waals surface area contributed by atoms with Crippen molar-refractivity contribution in [2.45, 2.75) is 26.2 Å². The summed E-state index contributed by atoms with van der Waals surface area (Å²) in [5.74, 6) is 1.74. The van der Waals surface area contributed by atoms with Crippen molar-refractivity contribution >= 4 is 17.3 Å². The van der Waals surface area contributed by atoms with E-state index < -0.39 is 0 Å². The van der Waals surface area contributed by atoms with Gasteiger partial charge in [-0.2, -0.15) is 0 Å². The molecule has 0 bridgehead atoms. The SMILES string of the molecule is CC(C)c1cccc(Oc2cc3c(cc2N)CC(=O)N3)c1. The van der Waals surface area contributed by atoms with Gasteiger partial charge < -0.3 is 15.8 Å². The number of carbonyl (C=O) groups excluding carboxylic acids is 1. The van der Waals surface area contributed by atoms with Gasteiger partial charge >= 0.3 is 0 Å². The van der Waals surface area contributed by atoms with Gasteiger partial charge in [0, 0.05) is 11.8 Å². The molecule has 4 heteroatoms. The van der Waals surface area contributed by atoms with Crippen LogP contribution >= 0.6 is 0 Å². The van der Waals surface area contributed by atoms with Crippen LogP contribution in [0.3, 0.4) is 0 Å². The molecule has 0 aliphatic carbocycles. The molecule has 21 heavy (non-hydrogen) atoms. The number of carbonyl (C=O) groups is 1. The zero-order valence-electron chi connectivity index (χ0n) is 12.1. The Hall–Kier alpha value is -2.49. The first-order valence-corrected chi connectivity index (χ1v) is 7.03. The smallest absolute Gasteiger partial charge is 0.228 e. The van der Waals surface area contributed by atoms with E-state index in [9.17, 15) is 4.79 Å². The minimum Gasteiger partial charge on any atom is -0.455 e. The fourth-order valence-corrected chi connectivity index (χ4v) is 2.43. The molecule has 1 amide bonds. The molecule has 0 aromatic heterocycles. The Morgan fingerprint density at radius 3 is 2.81 bits per heavy atom. The van der Waals surface area contributed by atoms with Crippen molar-refractivity contribution < 1.29 is 9.53 Å². The van der Waals surface area contributed by atoms with Crippen LogP contribution < -0.4 is 15.8 Å². The summed E-state index contributed by atoms with van der Waals surface area (Å²) in [7, 11) is 0. The van der Waals surface area contributed by atoms with Crippen LogP contribution in [0.2, 0.25) is 0 Å². The molecule has 2 aromatic rings. The van der Waals surface area contributed by atoms with Crippen LogP contribution in [0.4, 0.5) is 11.4 Å². The number of hydrogen-bond donors (Lipinski definition) is 2. The summed E-state index contributed by atoms with van der Waals surface area (Å²) in [6.07, 6.45) is 0.378. The molecule has 1 aliphatic rings. The number of amides is 1. The summed E-state index contributed by atoms with van der Waals surface area (Å²) in [6, 6.07) is 11.5. The summed E-state index contributed by atoms with van der Waals surface area (Å²) in [4.78, 5) is 11.4. The van der Waals surface area contributed by atoms with E-state index in [4.69, 9.17) is 10.5 Å². The monoisotopic (exact) mass is 282 g/mol. The highest BCUT2D eigenvalue weighted by Gasteiger charge is 2.20. The fourth-order valence-electron chi connectivity index (χ4n) is 2.43. The molecule has 0 fully saturated rings. The second-order valence-electron chi connectivity index (χ2n) is 5.60. The van der Waals surface area contributed by atoms with Gasteiger partial charge in [0.15, 0.2) is 5.75 Å². The van der Waals surface area contributed by atoms with Crippen molar-refractivity contribution in [1.29, 1.82) is 0 Å². The standard InChI is InChI=1S/C17H18N2O2/c1-10(2)11-4-3-5-13(6-11)21-16-9-15-12(7-14(16)18)8-17(20)19-15/h3-7,9-10H,8,18H2,1-2H3,(H,19,20). The van der Waals surface area contributed by atoms with Crippen LogP contribution in [0, 0.1) is 0 Å². The Labute approximate surface area is 123 Å². The first-order chi connectivity index (χ1) is 10.0. The van der Waals surface area contributed by atoms with Gasteiger partial charge in [0.2, 0.25) is 5.91 Å². The van der Waals surface area contributed by atoms with E-state index in [1.165, 1.54) is 5.56 Å². The molecule has 0 spiro atoms. The van der Waals surface area contributed by atoms with Gasteiger partial charge in [-0.15, -0.1) is 0 Å². The number of nitrogens with two attached hydrogens (primary N) is 1. The van der Waals surface area contributed by atoms with Crippen LogP contribution in [-0.4, -0.2) is 5.91 Å². The minimum absolute atomic E-state index is 0.0108. The normalized spacial score (nSPS) is 13.2. The van der Waals surface area contributed by atoms with Gasteiger partial charge in [0.05, 0.1) is 12.1 Å². The van der Waals surface area contributed by atoms with E-state index in [0.717, 1.165) is 17.0 Å². The van der Waals surface area contributed by atoms with E-state index in [1.54, 1.807) is 12.1 Å². The molecule has 0 unspecified atom stereocenters. The van der Waals surface area contributed by atoms with E-state index >= 15 is 0 Å². The van der Waals surface area contributed by atoms with Crippen LogP contribution in [0.5, 0.6) is 11.5 Å². The zero-order chi connectivity index (χ0) is 15.0. The molecule has 3 N–H and O–H groups in total. The second kappa shape index (κ2) is 5.13. The van der Waals surface area contributed by atoms with Gasteiger partial charge in [-0.1, -0.05) is 26.0 Å². The van der Waals surface area contributed by atoms with Crippen molar-refractivity contribution in [2.24, 2.45) is 0 Å². The number of anilines is 2. The highest BCUT2D eigenvalue weighted by atomic mass is 16.5. The molecule has 4 nitrogen and oxygen atoms in total. The summed E-state index contributed by atoms with van der Waals surface area (Å²) >= 11 is 0. The molecule has 3 rings (SSSR count). The van der Waals surface area contributed by atoms with Crippen molar-refractivity contribution in [3.8, 4) is 11.5 Å². The topological polar surface area (TPSA) is 64.3 Å². The van der Waals surface area contributed by atoms with Crippen LogP contribution in [0.1, 0.15) is 30.9 Å². The third kappa shape index (κ3) is 2.70. The molecular formula is C17H18N2O2. The van der Waals surface area contributed by atoms with Crippen molar-refractivity contribution in [3.05, 3.63) is 47.5 Å². The maximum Gasteiger partial charge on any atom is 0.228 e. The largest absolute Gasteiger partial charge is 0.455 e. The molecule has 2 aromatic carbocycles. The fraction of sp³-hybridized carbons (Fsp3) is 0.235. The van der Waals surface area contributed by atoms with E-state index in [2.05, 4.69) is 25.2 Å². The number of nitrogens with one attached hydrogen (secondary N) is 1. The second-order valence-corrected chi connectivity index (χ2v) is 5.60. The Bertz CT molecular complexity index is 708. The quantitative estimate of drug-likeness (QED) is 0.844. The Kier molecular flexibility index (Phi) is 3.29. The lowest BCUT2D eigenvalue weighted by Gasteiger charge is -2.12. The molecule has 108 valence electrons. The average Bonchev–Trinajstić information content (AvgIpc) is 2.78. The average molecular weight is 282 g/mol. The van der Waals surface area contributed by atoms with Gasteiger partial charge in [0.25, 0.3) is 0 Å². The van der Waals surface area contributed by atoms with Crippen LogP contribution in [0.25, 0.3) is 0 Å². The third-order valence-corrected chi connectivity index (χ3v) is 3.61. The number of ether oxygens (including phenoxy) is 1. The summed E-state index contributed by atoms with van der Waals surface area (Å²) < 4.78 is 5.88. The summed E-state index contributed by atoms with van der Waals surface area (Å²) in [6.45, 7) is 4.27. The number of fused-ring (bicyclic) bond motifs is 1. The zero-order valence-corrected chi connectivity index (χ0v) is 12.1. The lowest BCUT2D eigenvalue weighted by molar-refractivity contribution is -0.115. The number of nitrogen functional groups attached to an aromatic ring is 1. The van der Waals surface area contributed by atoms with Crippen LogP contribution in [0.15, 0.2) is 36.4 Å². The highest BCUT2D eigenvalue weighted by molar-refractivity contribution is 6.00. The van der Waals surface area contributed by atoms with Crippen molar-refractivity contribution in [3.63, 3.8) is 0 Å². The summed E-state index contributed by atoms with van der Waals surface area (Å²) in [5, 5.41) is 2.81. The maximum absolute atomic E-state index is 11.4. The van der Waals surface area contributed by atoms with Gasteiger partial charge in [-0.3, -0.25) is 4.79 Å².